The van der Waals surface area contributed by atoms with Gasteiger partial charge < -0.3 is 14.8 Å². The highest BCUT2D eigenvalue weighted by Gasteiger charge is 2.40. The van der Waals surface area contributed by atoms with Crippen molar-refractivity contribution < 1.29 is 14.3 Å². The number of carbonyl (C=O) groups excluding carboxylic acids is 1. The van der Waals surface area contributed by atoms with Crippen molar-refractivity contribution in [1.29, 1.82) is 0 Å². The predicted molar refractivity (Wildman–Crippen MR) is 122 cm³/mol. The lowest BCUT2D eigenvalue weighted by atomic mass is 9.78. The van der Waals surface area contributed by atoms with Crippen LogP contribution in [0.1, 0.15) is 35.9 Å². The first-order chi connectivity index (χ1) is 15.5. The lowest BCUT2D eigenvalue weighted by Crippen LogP contribution is -2.33. The van der Waals surface area contributed by atoms with E-state index >= 15 is 0 Å². The Morgan fingerprint density at radius 1 is 1.06 bits per heavy atom. The standard InChI is InChI=1S/C23H20Cl2N4O3/c1-31-18-7-6-12(10-19(18)32-2)13-8-16-21(17(30)9-13)22(29-23(28-16)26-11-27-29)20-14(24)4-3-5-15(20)25/h3-7,10-11,13,22H,8-9H2,1-2H3,(H,26,27,28)/t13-,22-/m1/s1. The van der Waals surface area contributed by atoms with Gasteiger partial charge in [-0.15, -0.1) is 0 Å². The van der Waals surface area contributed by atoms with Gasteiger partial charge >= 0.3 is 0 Å². The second-order valence-electron chi connectivity index (χ2n) is 7.73. The van der Waals surface area contributed by atoms with Crippen LogP contribution in [0.4, 0.5) is 5.95 Å². The van der Waals surface area contributed by atoms with Crippen molar-refractivity contribution in [3.63, 3.8) is 0 Å². The molecule has 5 rings (SSSR count). The van der Waals surface area contributed by atoms with Gasteiger partial charge in [0.15, 0.2) is 17.3 Å². The van der Waals surface area contributed by atoms with Gasteiger partial charge in [0.05, 0.1) is 14.2 Å². The minimum absolute atomic E-state index is 0.0145. The van der Waals surface area contributed by atoms with Crippen molar-refractivity contribution in [2.75, 3.05) is 19.5 Å². The van der Waals surface area contributed by atoms with Gasteiger partial charge in [0, 0.05) is 33.3 Å². The number of nitrogens with zero attached hydrogens (tertiary/aromatic N) is 3. The molecule has 164 valence electrons. The van der Waals surface area contributed by atoms with Crippen LogP contribution in [0.2, 0.25) is 10.0 Å². The van der Waals surface area contributed by atoms with E-state index in [1.54, 1.807) is 37.1 Å². The molecule has 1 aromatic heterocycles. The van der Waals surface area contributed by atoms with Crippen molar-refractivity contribution in [2.24, 2.45) is 0 Å². The molecule has 2 heterocycles. The van der Waals surface area contributed by atoms with E-state index in [0.29, 0.717) is 51.5 Å². The molecule has 1 N–H and O–H groups in total. The van der Waals surface area contributed by atoms with Crippen LogP contribution in [0.3, 0.4) is 0 Å². The Morgan fingerprint density at radius 3 is 2.53 bits per heavy atom. The number of Topliss-reactive ketones (excluding diaryl/α,β-unsaturated/α-hetero) is 1. The fourth-order valence-electron chi connectivity index (χ4n) is 4.53. The van der Waals surface area contributed by atoms with Crippen molar-refractivity contribution in [3.05, 3.63) is 75.2 Å². The van der Waals surface area contributed by atoms with Gasteiger partial charge in [-0.2, -0.15) is 10.1 Å². The number of ketones is 1. The summed E-state index contributed by atoms with van der Waals surface area (Å²) in [7, 11) is 3.20. The lowest BCUT2D eigenvalue weighted by Gasteiger charge is -2.35. The minimum atomic E-state index is -0.538. The molecule has 2 atom stereocenters. The molecule has 0 bridgehead atoms. The van der Waals surface area contributed by atoms with Gasteiger partial charge in [-0.3, -0.25) is 4.79 Å². The van der Waals surface area contributed by atoms with Crippen LogP contribution in [0, 0.1) is 0 Å². The number of ether oxygens (including phenoxy) is 2. The van der Waals surface area contributed by atoms with E-state index in [1.165, 1.54) is 6.33 Å². The first-order valence-corrected chi connectivity index (χ1v) is 10.9. The van der Waals surface area contributed by atoms with Gasteiger partial charge in [0.25, 0.3) is 0 Å². The molecule has 0 saturated heterocycles. The molecule has 0 amide bonds. The molecule has 3 aromatic rings. The summed E-state index contributed by atoms with van der Waals surface area (Å²) >= 11 is 13.1. The summed E-state index contributed by atoms with van der Waals surface area (Å²) in [6, 6.07) is 10.5. The van der Waals surface area contributed by atoms with Gasteiger partial charge in [-0.05, 0) is 42.2 Å². The SMILES string of the molecule is COc1ccc([C@H]2CC(=O)C3=C(C2)Nc2ncnn2[C@@H]3c2c(Cl)cccc2Cl)cc1OC. The zero-order valence-electron chi connectivity index (χ0n) is 17.4. The number of nitrogens with one attached hydrogen (secondary N) is 1. The summed E-state index contributed by atoms with van der Waals surface area (Å²) in [5, 5.41) is 8.61. The Labute approximate surface area is 195 Å². The number of aromatic nitrogens is 3. The van der Waals surface area contributed by atoms with Crippen LogP contribution < -0.4 is 14.8 Å². The molecule has 0 spiro atoms. The fraction of sp³-hybridized carbons (Fsp3) is 0.261. The van der Waals surface area contributed by atoms with E-state index in [1.807, 2.05) is 18.2 Å². The van der Waals surface area contributed by atoms with Crippen molar-refractivity contribution in [3.8, 4) is 11.5 Å². The monoisotopic (exact) mass is 470 g/mol. The zero-order valence-corrected chi connectivity index (χ0v) is 18.9. The van der Waals surface area contributed by atoms with Crippen molar-refractivity contribution in [1.82, 2.24) is 14.8 Å². The molecule has 32 heavy (non-hydrogen) atoms. The van der Waals surface area contributed by atoms with Crippen LogP contribution >= 0.6 is 23.2 Å². The number of methoxy groups -OCH3 is 2. The third kappa shape index (κ3) is 3.32. The second-order valence-corrected chi connectivity index (χ2v) is 8.54. The molecule has 0 radical (unpaired) electrons. The summed E-state index contributed by atoms with van der Waals surface area (Å²) in [6.07, 6.45) is 2.43. The van der Waals surface area contributed by atoms with Crippen LogP contribution in [0.25, 0.3) is 0 Å². The lowest BCUT2D eigenvalue weighted by molar-refractivity contribution is -0.116. The minimum Gasteiger partial charge on any atom is -0.493 e. The quantitative estimate of drug-likeness (QED) is 0.576. The average Bonchev–Trinajstić information content (AvgIpc) is 3.26. The number of rotatable bonds is 4. The molecule has 1 aliphatic heterocycles. The first kappa shape index (κ1) is 20.8. The highest BCUT2D eigenvalue weighted by molar-refractivity contribution is 6.36. The Kier molecular flexibility index (Phi) is 5.31. The maximum atomic E-state index is 13.5. The molecular formula is C23H20Cl2N4O3. The molecule has 0 fully saturated rings. The van der Waals surface area contributed by atoms with Gasteiger partial charge in [0.2, 0.25) is 5.95 Å². The van der Waals surface area contributed by atoms with Crippen LogP contribution in [-0.4, -0.2) is 34.8 Å². The largest absolute Gasteiger partial charge is 0.493 e. The third-order valence-corrected chi connectivity index (χ3v) is 6.67. The summed E-state index contributed by atoms with van der Waals surface area (Å²) < 4.78 is 12.5. The molecule has 0 unspecified atom stereocenters. The smallest absolute Gasteiger partial charge is 0.226 e. The van der Waals surface area contributed by atoms with Crippen LogP contribution in [0.5, 0.6) is 11.5 Å². The molecule has 9 heteroatoms. The molecule has 2 aromatic carbocycles. The van der Waals surface area contributed by atoms with Crippen LogP contribution in [-0.2, 0) is 4.79 Å². The molecule has 1 aliphatic carbocycles. The summed E-state index contributed by atoms with van der Waals surface area (Å²) in [4.78, 5) is 17.9. The third-order valence-electron chi connectivity index (χ3n) is 6.01. The van der Waals surface area contributed by atoms with E-state index in [4.69, 9.17) is 32.7 Å². The molecule has 0 saturated carbocycles. The number of allylic oxidation sites excluding steroid dienone is 2. The van der Waals surface area contributed by atoms with Gasteiger partial charge in [-0.1, -0.05) is 35.3 Å². The topological polar surface area (TPSA) is 78.3 Å². The second kappa shape index (κ2) is 8.15. The van der Waals surface area contributed by atoms with Gasteiger partial charge in [-0.25, -0.2) is 4.68 Å². The van der Waals surface area contributed by atoms with Gasteiger partial charge in [0.1, 0.15) is 12.4 Å². The van der Waals surface area contributed by atoms with E-state index in [-0.39, 0.29) is 11.7 Å². The number of carbonyl (C=O) groups is 1. The molecular weight excluding hydrogens is 451 g/mol. The van der Waals surface area contributed by atoms with E-state index < -0.39 is 6.04 Å². The summed E-state index contributed by atoms with van der Waals surface area (Å²) in [5.74, 6) is 1.82. The summed E-state index contributed by atoms with van der Waals surface area (Å²) in [5.41, 5.74) is 3.08. The van der Waals surface area contributed by atoms with E-state index in [9.17, 15) is 4.79 Å². The fourth-order valence-corrected chi connectivity index (χ4v) is 5.14. The van der Waals surface area contributed by atoms with Crippen molar-refractivity contribution >= 4 is 34.9 Å². The number of benzene rings is 2. The van der Waals surface area contributed by atoms with E-state index in [0.717, 1.165) is 11.3 Å². The van der Waals surface area contributed by atoms with Crippen LogP contribution in [0.15, 0.2) is 54.0 Å². The maximum absolute atomic E-state index is 13.5. The predicted octanol–water partition coefficient (Wildman–Crippen LogP) is 5.02. The Hall–Kier alpha value is -3.03. The number of hydrogen-bond acceptors (Lipinski definition) is 6. The number of halogens is 2. The number of anilines is 1. The zero-order chi connectivity index (χ0) is 22.4. The summed E-state index contributed by atoms with van der Waals surface area (Å²) in [6.45, 7) is 0. The first-order valence-electron chi connectivity index (χ1n) is 10.1. The Balaban J connectivity index is 1.59. The Morgan fingerprint density at radius 2 is 1.81 bits per heavy atom. The highest BCUT2D eigenvalue weighted by atomic mass is 35.5. The Bertz CT molecular complexity index is 1230. The highest BCUT2D eigenvalue weighted by Crippen LogP contribution is 2.47. The normalized spacial score (nSPS) is 19.8. The van der Waals surface area contributed by atoms with Crippen molar-refractivity contribution in [2.45, 2.75) is 24.8 Å². The maximum Gasteiger partial charge on any atom is 0.226 e. The molecule has 7 nitrogen and oxygen atoms in total. The number of hydrogen-bond donors (Lipinski definition) is 1. The molecule has 2 aliphatic rings. The average molecular weight is 471 g/mol. The number of fused-ring (bicyclic) bond motifs is 1. The van der Waals surface area contributed by atoms with E-state index in [2.05, 4.69) is 15.4 Å².